The highest BCUT2D eigenvalue weighted by molar-refractivity contribution is 8.15. The number of thioether (sulfide) groups is 1. The van der Waals surface area contributed by atoms with Gasteiger partial charge in [0.25, 0.3) is 0 Å². The quantitative estimate of drug-likeness (QED) is 0.774. The molecular formula is C19H25N3O3S. The summed E-state index contributed by atoms with van der Waals surface area (Å²) in [5, 5.41) is 3.00. The van der Waals surface area contributed by atoms with Crippen LogP contribution in [0.25, 0.3) is 0 Å². The van der Waals surface area contributed by atoms with Crippen molar-refractivity contribution in [3.05, 3.63) is 29.8 Å². The molecule has 1 heterocycles. The summed E-state index contributed by atoms with van der Waals surface area (Å²) in [4.78, 5) is 42.5. The van der Waals surface area contributed by atoms with Crippen LogP contribution in [0.5, 0.6) is 0 Å². The van der Waals surface area contributed by atoms with Gasteiger partial charge in [0.1, 0.15) is 5.25 Å². The topological polar surface area (TPSA) is 78.8 Å². The van der Waals surface area contributed by atoms with Crippen LogP contribution in [0.15, 0.2) is 29.3 Å². The van der Waals surface area contributed by atoms with Gasteiger partial charge in [-0.05, 0) is 58.9 Å². The molecule has 7 heteroatoms. The third-order valence-electron chi connectivity index (χ3n) is 3.80. The Hall–Kier alpha value is -2.15. The minimum Gasteiger partial charge on any atom is -0.326 e. The number of carbonyl (C=O) groups is 3. The molecule has 0 saturated carbocycles. The molecule has 1 aliphatic rings. The van der Waals surface area contributed by atoms with Crippen molar-refractivity contribution in [2.24, 2.45) is 4.99 Å². The fourth-order valence-electron chi connectivity index (χ4n) is 2.57. The second-order valence-electron chi connectivity index (χ2n) is 6.80. The lowest BCUT2D eigenvalue weighted by Crippen LogP contribution is -2.38. The van der Waals surface area contributed by atoms with Crippen LogP contribution in [0.4, 0.5) is 5.69 Å². The number of nitrogens with zero attached hydrogens (tertiary/aromatic N) is 2. The minimum atomic E-state index is -0.466. The van der Waals surface area contributed by atoms with Gasteiger partial charge >= 0.3 is 0 Å². The van der Waals surface area contributed by atoms with Crippen molar-refractivity contribution in [2.75, 3.05) is 5.32 Å². The number of Topliss-reactive ketones (excluding diaryl/α,β-unsaturated/α-hetero) is 1. The number of anilines is 1. The Morgan fingerprint density at radius 1 is 1.19 bits per heavy atom. The summed E-state index contributed by atoms with van der Waals surface area (Å²) in [5.74, 6) is -0.339. The maximum Gasteiger partial charge on any atom is 0.242 e. The second-order valence-corrected chi connectivity index (χ2v) is 7.97. The molecule has 1 unspecified atom stereocenters. The van der Waals surface area contributed by atoms with Crippen LogP contribution < -0.4 is 5.32 Å². The largest absolute Gasteiger partial charge is 0.326 e. The van der Waals surface area contributed by atoms with Crippen molar-refractivity contribution in [1.29, 1.82) is 0 Å². The number of hydrogen-bond acceptors (Lipinski definition) is 5. The zero-order chi connectivity index (χ0) is 19.4. The summed E-state index contributed by atoms with van der Waals surface area (Å²) in [7, 11) is 0. The number of benzene rings is 1. The van der Waals surface area contributed by atoms with Gasteiger partial charge in [-0.1, -0.05) is 11.8 Å². The van der Waals surface area contributed by atoms with E-state index in [2.05, 4.69) is 10.3 Å². The Morgan fingerprint density at radius 3 is 2.31 bits per heavy atom. The van der Waals surface area contributed by atoms with Crippen LogP contribution in [0.1, 0.15) is 51.4 Å². The summed E-state index contributed by atoms with van der Waals surface area (Å²) in [6, 6.07) is 6.79. The van der Waals surface area contributed by atoms with Gasteiger partial charge in [0.05, 0.1) is 0 Å². The molecular weight excluding hydrogens is 350 g/mol. The molecule has 26 heavy (non-hydrogen) atoms. The Labute approximate surface area is 158 Å². The van der Waals surface area contributed by atoms with E-state index in [1.807, 2.05) is 27.7 Å². The van der Waals surface area contributed by atoms with E-state index in [4.69, 9.17) is 0 Å². The Bertz CT molecular complexity index is 726. The monoisotopic (exact) mass is 375 g/mol. The number of hydrogen-bond donors (Lipinski definition) is 1. The average molecular weight is 375 g/mol. The molecule has 0 aromatic heterocycles. The lowest BCUT2D eigenvalue weighted by atomic mass is 10.1. The Kier molecular flexibility index (Phi) is 6.58. The number of ketones is 1. The molecule has 1 aromatic rings. The zero-order valence-corrected chi connectivity index (χ0v) is 16.6. The van der Waals surface area contributed by atoms with Gasteiger partial charge in [0.15, 0.2) is 11.0 Å². The van der Waals surface area contributed by atoms with E-state index in [0.717, 1.165) is 0 Å². The number of amides is 2. The summed E-state index contributed by atoms with van der Waals surface area (Å²) in [5.41, 5.74) is 1.19. The SMILES string of the molecule is CC(=O)c1ccc(NC(=O)CC2SC(=NC(C)C)N(C(C)C)C2=O)cc1. The van der Waals surface area contributed by atoms with Crippen molar-refractivity contribution in [3.63, 3.8) is 0 Å². The fraction of sp³-hybridized carbons (Fsp3) is 0.474. The molecule has 140 valence electrons. The van der Waals surface area contributed by atoms with E-state index in [1.165, 1.54) is 18.7 Å². The van der Waals surface area contributed by atoms with Crippen molar-refractivity contribution in [3.8, 4) is 0 Å². The first kappa shape index (κ1) is 20.2. The summed E-state index contributed by atoms with van der Waals surface area (Å²) in [6.45, 7) is 9.29. The first-order chi connectivity index (χ1) is 12.2. The van der Waals surface area contributed by atoms with Gasteiger partial charge in [-0.2, -0.15) is 0 Å². The van der Waals surface area contributed by atoms with E-state index >= 15 is 0 Å². The van der Waals surface area contributed by atoms with Gasteiger partial charge in [0.2, 0.25) is 11.8 Å². The molecule has 1 fully saturated rings. The number of aliphatic imine (C=N–C) groups is 1. The Balaban J connectivity index is 2.04. The predicted molar refractivity (Wildman–Crippen MR) is 106 cm³/mol. The van der Waals surface area contributed by atoms with Gasteiger partial charge in [0, 0.05) is 29.8 Å². The summed E-state index contributed by atoms with van der Waals surface area (Å²) < 4.78 is 0. The van der Waals surface area contributed by atoms with Crippen molar-refractivity contribution in [2.45, 2.75) is 58.4 Å². The molecule has 0 spiro atoms. The summed E-state index contributed by atoms with van der Waals surface area (Å²) in [6.07, 6.45) is 0.0816. The highest BCUT2D eigenvalue weighted by atomic mass is 32.2. The molecule has 0 bridgehead atoms. The van der Waals surface area contributed by atoms with Gasteiger partial charge in [-0.15, -0.1) is 0 Å². The summed E-state index contributed by atoms with van der Waals surface area (Å²) >= 11 is 1.35. The van der Waals surface area contributed by atoms with Crippen LogP contribution >= 0.6 is 11.8 Å². The van der Waals surface area contributed by atoms with Crippen molar-refractivity contribution >= 4 is 40.2 Å². The average Bonchev–Trinajstić information content (AvgIpc) is 2.82. The van der Waals surface area contributed by atoms with Crippen LogP contribution in [-0.2, 0) is 9.59 Å². The molecule has 1 saturated heterocycles. The molecule has 0 radical (unpaired) electrons. The standard InChI is InChI=1S/C19H25N3O3S/c1-11(2)20-19-22(12(3)4)18(25)16(26-19)10-17(24)21-15-8-6-14(7-9-15)13(5)23/h6-9,11-12,16H,10H2,1-5H3,(H,21,24). The first-order valence-corrected chi connectivity index (χ1v) is 9.55. The van der Waals surface area contributed by atoms with Gasteiger partial charge < -0.3 is 5.32 Å². The molecule has 0 aliphatic carbocycles. The number of nitrogens with one attached hydrogen (secondary N) is 1. The molecule has 1 atom stereocenters. The molecule has 1 aliphatic heterocycles. The maximum absolute atomic E-state index is 12.7. The predicted octanol–water partition coefficient (Wildman–Crippen LogP) is 3.33. The maximum atomic E-state index is 12.7. The molecule has 6 nitrogen and oxygen atoms in total. The lowest BCUT2D eigenvalue weighted by molar-refractivity contribution is -0.129. The second kappa shape index (κ2) is 8.49. The van der Waals surface area contributed by atoms with Gasteiger partial charge in [-0.25, -0.2) is 0 Å². The van der Waals surface area contributed by atoms with Crippen LogP contribution in [0.3, 0.4) is 0 Å². The van der Waals surface area contributed by atoms with E-state index in [0.29, 0.717) is 16.4 Å². The van der Waals surface area contributed by atoms with Crippen molar-refractivity contribution < 1.29 is 14.4 Å². The zero-order valence-electron chi connectivity index (χ0n) is 15.8. The molecule has 1 aromatic carbocycles. The first-order valence-electron chi connectivity index (χ1n) is 8.67. The van der Waals surface area contributed by atoms with Crippen LogP contribution in [0, 0.1) is 0 Å². The third kappa shape index (κ3) is 4.94. The third-order valence-corrected chi connectivity index (χ3v) is 4.96. The van der Waals surface area contributed by atoms with Crippen LogP contribution in [0.2, 0.25) is 0 Å². The van der Waals surface area contributed by atoms with E-state index in [-0.39, 0.29) is 36.1 Å². The molecule has 2 amide bonds. The number of amidine groups is 1. The minimum absolute atomic E-state index is 0.000290. The smallest absolute Gasteiger partial charge is 0.242 e. The lowest BCUT2D eigenvalue weighted by Gasteiger charge is -2.21. The molecule has 2 rings (SSSR count). The van der Waals surface area contributed by atoms with Gasteiger partial charge in [-0.3, -0.25) is 24.3 Å². The number of rotatable bonds is 6. The number of carbonyl (C=O) groups excluding carboxylic acids is 3. The highest BCUT2D eigenvalue weighted by Crippen LogP contribution is 2.31. The molecule has 1 N–H and O–H groups in total. The van der Waals surface area contributed by atoms with Crippen LogP contribution in [-0.4, -0.2) is 45.0 Å². The normalized spacial score (nSPS) is 18.9. The van der Waals surface area contributed by atoms with E-state index in [9.17, 15) is 14.4 Å². The van der Waals surface area contributed by atoms with E-state index < -0.39 is 5.25 Å². The Morgan fingerprint density at radius 2 is 1.81 bits per heavy atom. The fourth-order valence-corrected chi connectivity index (χ4v) is 3.96. The van der Waals surface area contributed by atoms with E-state index in [1.54, 1.807) is 29.2 Å². The highest BCUT2D eigenvalue weighted by Gasteiger charge is 2.40. The van der Waals surface area contributed by atoms with Crippen molar-refractivity contribution in [1.82, 2.24) is 4.90 Å².